The minimum absolute atomic E-state index is 0.0333. The number of hydrogen-bond donors (Lipinski definition) is 1. The van der Waals surface area contributed by atoms with Crippen molar-refractivity contribution < 1.29 is 4.79 Å². The Labute approximate surface area is 117 Å². The number of benzene rings is 1. The average molecular weight is 274 g/mol. The lowest BCUT2D eigenvalue weighted by Gasteiger charge is -2.20. The molecule has 1 amide bonds. The molecule has 1 aromatic heterocycles. The van der Waals surface area contributed by atoms with Crippen LogP contribution < -0.4 is 5.73 Å². The first-order chi connectivity index (χ1) is 9.22. The molecule has 0 fully saturated rings. The number of hydrogen-bond acceptors (Lipinski definition) is 3. The van der Waals surface area contributed by atoms with Gasteiger partial charge in [-0.25, -0.2) is 0 Å². The highest BCUT2D eigenvalue weighted by Gasteiger charge is 2.17. The fraction of sp³-hybridized carbons (Fsp3) is 0.267. The van der Waals surface area contributed by atoms with Crippen molar-refractivity contribution in [1.29, 1.82) is 0 Å². The van der Waals surface area contributed by atoms with Crippen LogP contribution in [-0.2, 0) is 6.42 Å². The van der Waals surface area contributed by atoms with E-state index in [-0.39, 0.29) is 5.91 Å². The second-order valence-electron chi connectivity index (χ2n) is 4.33. The summed E-state index contributed by atoms with van der Waals surface area (Å²) in [4.78, 5) is 14.8. The molecule has 0 radical (unpaired) electrons. The van der Waals surface area contributed by atoms with Gasteiger partial charge in [-0.15, -0.1) is 11.3 Å². The van der Waals surface area contributed by atoms with Gasteiger partial charge >= 0.3 is 0 Å². The van der Waals surface area contributed by atoms with E-state index in [0.29, 0.717) is 17.1 Å². The van der Waals surface area contributed by atoms with Gasteiger partial charge in [-0.2, -0.15) is 0 Å². The van der Waals surface area contributed by atoms with Crippen molar-refractivity contribution in [3.63, 3.8) is 0 Å². The lowest BCUT2D eigenvalue weighted by atomic mass is 10.1. The smallest absolute Gasteiger partial charge is 0.266 e. The van der Waals surface area contributed by atoms with Gasteiger partial charge in [-0.3, -0.25) is 4.79 Å². The fourth-order valence-corrected chi connectivity index (χ4v) is 2.73. The van der Waals surface area contributed by atoms with Crippen LogP contribution in [0.3, 0.4) is 0 Å². The molecule has 1 aromatic carbocycles. The molecule has 0 aliphatic carbocycles. The van der Waals surface area contributed by atoms with E-state index < -0.39 is 0 Å². The molecular weight excluding hydrogens is 256 g/mol. The number of amides is 1. The van der Waals surface area contributed by atoms with Crippen molar-refractivity contribution >= 4 is 22.9 Å². The van der Waals surface area contributed by atoms with Gasteiger partial charge in [0.15, 0.2) is 0 Å². The third-order valence-corrected chi connectivity index (χ3v) is 3.99. The van der Waals surface area contributed by atoms with Gasteiger partial charge in [-0.05, 0) is 30.4 Å². The predicted octanol–water partition coefficient (Wildman–Crippen LogP) is 3.04. The van der Waals surface area contributed by atoms with Gasteiger partial charge in [0.25, 0.3) is 5.91 Å². The summed E-state index contributed by atoms with van der Waals surface area (Å²) in [6, 6.07) is 12.0. The molecule has 3 nitrogen and oxygen atoms in total. The number of anilines is 1. The van der Waals surface area contributed by atoms with Crippen LogP contribution in [0.2, 0.25) is 0 Å². The van der Waals surface area contributed by atoms with Crippen LogP contribution in [0.4, 0.5) is 5.69 Å². The lowest BCUT2D eigenvalue weighted by Crippen LogP contribution is -2.32. The number of carbonyl (C=O) groups is 1. The van der Waals surface area contributed by atoms with Crippen molar-refractivity contribution in [1.82, 2.24) is 4.90 Å². The van der Waals surface area contributed by atoms with E-state index in [1.807, 2.05) is 35.4 Å². The van der Waals surface area contributed by atoms with Crippen molar-refractivity contribution in [2.75, 3.05) is 18.8 Å². The number of thiophene rings is 1. The summed E-state index contributed by atoms with van der Waals surface area (Å²) in [5, 5.41) is 1.85. The summed E-state index contributed by atoms with van der Waals surface area (Å²) >= 11 is 1.41. The number of nitrogens with zero attached hydrogens (tertiary/aromatic N) is 1. The molecule has 2 rings (SSSR count). The summed E-state index contributed by atoms with van der Waals surface area (Å²) in [5.74, 6) is 0.0333. The highest BCUT2D eigenvalue weighted by molar-refractivity contribution is 7.12. The number of likely N-dealkylation sites (N-methyl/N-ethyl adjacent to an activating group) is 1. The highest BCUT2D eigenvalue weighted by Crippen LogP contribution is 2.21. The third-order valence-electron chi connectivity index (χ3n) is 3.07. The lowest BCUT2D eigenvalue weighted by molar-refractivity contribution is 0.0772. The topological polar surface area (TPSA) is 46.3 Å². The van der Waals surface area contributed by atoms with Gasteiger partial charge in [0.1, 0.15) is 4.88 Å². The quantitative estimate of drug-likeness (QED) is 0.911. The number of carbonyl (C=O) groups excluding carboxylic acids is 1. The number of nitrogen functional groups attached to an aromatic ring is 1. The first kappa shape index (κ1) is 13.6. The fourth-order valence-electron chi connectivity index (χ4n) is 1.95. The van der Waals surface area contributed by atoms with Gasteiger partial charge in [-0.1, -0.05) is 30.3 Å². The Balaban J connectivity index is 2.01. The van der Waals surface area contributed by atoms with Gasteiger partial charge in [0.05, 0.1) is 5.69 Å². The summed E-state index contributed by atoms with van der Waals surface area (Å²) < 4.78 is 0. The first-order valence-electron chi connectivity index (χ1n) is 6.38. The maximum absolute atomic E-state index is 12.3. The van der Waals surface area contributed by atoms with Gasteiger partial charge in [0, 0.05) is 13.1 Å². The zero-order valence-corrected chi connectivity index (χ0v) is 11.8. The molecule has 0 saturated carbocycles. The zero-order valence-electron chi connectivity index (χ0n) is 11.0. The Bertz CT molecular complexity index is 536. The standard InChI is InChI=1S/C15H18N2OS/c1-2-17(10-8-12-6-4-3-5-7-12)15(18)14-13(16)9-11-19-14/h3-7,9,11H,2,8,10,16H2,1H3. The van der Waals surface area contributed by atoms with Gasteiger partial charge < -0.3 is 10.6 Å². The third kappa shape index (κ3) is 3.35. The van der Waals surface area contributed by atoms with E-state index in [1.54, 1.807) is 6.07 Å². The van der Waals surface area contributed by atoms with Crippen molar-refractivity contribution in [3.05, 3.63) is 52.2 Å². The van der Waals surface area contributed by atoms with E-state index in [1.165, 1.54) is 16.9 Å². The molecule has 0 spiro atoms. The Morgan fingerprint density at radius 3 is 2.58 bits per heavy atom. The summed E-state index contributed by atoms with van der Waals surface area (Å²) in [5.41, 5.74) is 7.62. The molecule has 2 N–H and O–H groups in total. The molecule has 1 heterocycles. The molecule has 2 aromatic rings. The molecular formula is C15H18N2OS. The second-order valence-corrected chi connectivity index (χ2v) is 5.24. The summed E-state index contributed by atoms with van der Waals surface area (Å²) in [7, 11) is 0. The SMILES string of the molecule is CCN(CCc1ccccc1)C(=O)c1sccc1N. The van der Waals surface area contributed by atoms with E-state index in [2.05, 4.69) is 12.1 Å². The van der Waals surface area contributed by atoms with Crippen molar-refractivity contribution in [2.24, 2.45) is 0 Å². The minimum atomic E-state index is 0.0333. The van der Waals surface area contributed by atoms with Crippen LogP contribution in [0, 0.1) is 0 Å². The Morgan fingerprint density at radius 2 is 2.00 bits per heavy atom. The van der Waals surface area contributed by atoms with Crippen molar-refractivity contribution in [3.8, 4) is 0 Å². The molecule has 19 heavy (non-hydrogen) atoms. The number of nitrogens with two attached hydrogens (primary N) is 1. The minimum Gasteiger partial charge on any atom is -0.397 e. The highest BCUT2D eigenvalue weighted by atomic mass is 32.1. The molecule has 0 bridgehead atoms. The zero-order chi connectivity index (χ0) is 13.7. The first-order valence-corrected chi connectivity index (χ1v) is 7.26. The molecule has 0 aliphatic heterocycles. The Kier molecular flexibility index (Phi) is 4.58. The molecule has 0 atom stereocenters. The van der Waals surface area contributed by atoms with Crippen LogP contribution in [0.25, 0.3) is 0 Å². The monoisotopic (exact) mass is 274 g/mol. The van der Waals surface area contributed by atoms with Crippen molar-refractivity contribution in [2.45, 2.75) is 13.3 Å². The van der Waals surface area contributed by atoms with E-state index >= 15 is 0 Å². The number of rotatable bonds is 5. The molecule has 100 valence electrons. The summed E-state index contributed by atoms with van der Waals surface area (Å²) in [6.45, 7) is 3.41. The molecule has 4 heteroatoms. The Morgan fingerprint density at radius 1 is 1.26 bits per heavy atom. The maximum Gasteiger partial charge on any atom is 0.266 e. The van der Waals surface area contributed by atoms with Crippen LogP contribution in [0.1, 0.15) is 22.2 Å². The summed E-state index contributed by atoms with van der Waals surface area (Å²) in [6.07, 6.45) is 0.867. The van der Waals surface area contributed by atoms with Gasteiger partial charge in [0.2, 0.25) is 0 Å². The molecule has 0 saturated heterocycles. The van der Waals surface area contributed by atoms with E-state index in [9.17, 15) is 4.79 Å². The van der Waals surface area contributed by atoms with Crippen LogP contribution >= 0.6 is 11.3 Å². The normalized spacial score (nSPS) is 10.4. The largest absolute Gasteiger partial charge is 0.397 e. The molecule has 0 aliphatic rings. The Hall–Kier alpha value is -1.81. The van der Waals surface area contributed by atoms with Crippen LogP contribution in [0.15, 0.2) is 41.8 Å². The van der Waals surface area contributed by atoms with E-state index in [4.69, 9.17) is 5.73 Å². The average Bonchev–Trinajstić information content (AvgIpc) is 2.86. The predicted molar refractivity (Wildman–Crippen MR) is 80.5 cm³/mol. The van der Waals surface area contributed by atoms with E-state index in [0.717, 1.165) is 13.0 Å². The maximum atomic E-state index is 12.3. The van der Waals surface area contributed by atoms with Crippen LogP contribution in [-0.4, -0.2) is 23.9 Å². The van der Waals surface area contributed by atoms with Crippen LogP contribution in [0.5, 0.6) is 0 Å². The second kappa shape index (κ2) is 6.38. The molecule has 0 unspecified atom stereocenters.